The molecule has 0 bridgehead atoms. The number of nitrogens with one attached hydrogen (secondary N) is 1. The summed E-state index contributed by atoms with van der Waals surface area (Å²) in [5.41, 5.74) is 0.753. The number of hydrogen-bond donors (Lipinski definition) is 1. The monoisotopic (exact) mass is 265 g/mol. The standard InChI is InChI=1S/C14H23N3O2/c1-10-5-6-15-17(10)9-11-7-12(8-11)16-13(18)19-14(2,3)4/h5-6,11-12H,7-9H2,1-4H3,(H,16,18). The Morgan fingerprint density at radius 3 is 2.74 bits per heavy atom. The van der Waals surface area contributed by atoms with E-state index >= 15 is 0 Å². The Labute approximate surface area is 114 Å². The van der Waals surface area contributed by atoms with E-state index in [-0.39, 0.29) is 12.1 Å². The van der Waals surface area contributed by atoms with Crippen LogP contribution < -0.4 is 5.32 Å². The molecule has 1 amide bonds. The van der Waals surface area contributed by atoms with E-state index in [0.717, 1.165) is 19.4 Å². The number of hydrogen-bond acceptors (Lipinski definition) is 3. The fraction of sp³-hybridized carbons (Fsp3) is 0.714. The van der Waals surface area contributed by atoms with Crippen molar-refractivity contribution in [2.45, 2.75) is 58.7 Å². The fourth-order valence-corrected chi connectivity index (χ4v) is 2.31. The number of ether oxygens (including phenoxy) is 1. The van der Waals surface area contributed by atoms with Crippen LogP contribution in [0.2, 0.25) is 0 Å². The Morgan fingerprint density at radius 2 is 2.21 bits per heavy atom. The number of nitrogens with zero attached hydrogens (tertiary/aromatic N) is 2. The first kappa shape index (κ1) is 13.9. The SMILES string of the molecule is Cc1ccnn1CC1CC(NC(=O)OC(C)(C)C)C1. The predicted molar refractivity (Wildman–Crippen MR) is 72.8 cm³/mol. The molecule has 0 aliphatic heterocycles. The zero-order valence-corrected chi connectivity index (χ0v) is 12.1. The van der Waals surface area contributed by atoms with Crippen LogP contribution in [0, 0.1) is 12.8 Å². The number of amides is 1. The predicted octanol–water partition coefficient (Wildman–Crippen LogP) is 2.49. The minimum Gasteiger partial charge on any atom is -0.444 e. The zero-order chi connectivity index (χ0) is 14.0. The van der Waals surface area contributed by atoms with Crippen molar-refractivity contribution >= 4 is 6.09 Å². The van der Waals surface area contributed by atoms with Gasteiger partial charge in [-0.3, -0.25) is 4.68 Å². The molecule has 0 saturated heterocycles. The summed E-state index contributed by atoms with van der Waals surface area (Å²) < 4.78 is 7.26. The largest absolute Gasteiger partial charge is 0.444 e. The summed E-state index contributed by atoms with van der Waals surface area (Å²) in [7, 11) is 0. The van der Waals surface area contributed by atoms with Crippen molar-refractivity contribution in [3.05, 3.63) is 18.0 Å². The number of aromatic nitrogens is 2. The van der Waals surface area contributed by atoms with Gasteiger partial charge in [-0.25, -0.2) is 4.79 Å². The average Bonchev–Trinajstić information content (AvgIpc) is 2.58. The molecule has 0 aromatic carbocycles. The molecule has 5 nitrogen and oxygen atoms in total. The van der Waals surface area contributed by atoms with E-state index in [9.17, 15) is 4.79 Å². The van der Waals surface area contributed by atoms with E-state index in [1.165, 1.54) is 5.69 Å². The molecule has 1 heterocycles. The summed E-state index contributed by atoms with van der Waals surface area (Å²) in [5.74, 6) is 0.596. The summed E-state index contributed by atoms with van der Waals surface area (Å²) >= 11 is 0. The molecule has 0 unspecified atom stereocenters. The molecule has 2 rings (SSSR count). The Morgan fingerprint density at radius 1 is 1.53 bits per heavy atom. The Hall–Kier alpha value is -1.52. The van der Waals surface area contributed by atoms with Crippen LogP contribution in [0.1, 0.15) is 39.3 Å². The highest BCUT2D eigenvalue weighted by atomic mass is 16.6. The molecule has 0 radical (unpaired) electrons. The van der Waals surface area contributed by atoms with Gasteiger partial charge in [0.1, 0.15) is 5.60 Å². The number of carbonyl (C=O) groups is 1. The molecule has 19 heavy (non-hydrogen) atoms. The molecule has 1 N–H and O–H groups in total. The quantitative estimate of drug-likeness (QED) is 0.913. The van der Waals surface area contributed by atoms with Gasteiger partial charge in [0.25, 0.3) is 0 Å². The lowest BCUT2D eigenvalue weighted by Crippen LogP contribution is -2.47. The van der Waals surface area contributed by atoms with Gasteiger partial charge in [-0.15, -0.1) is 0 Å². The van der Waals surface area contributed by atoms with E-state index in [0.29, 0.717) is 5.92 Å². The third-order valence-corrected chi connectivity index (χ3v) is 3.32. The van der Waals surface area contributed by atoms with Crippen molar-refractivity contribution < 1.29 is 9.53 Å². The molecular weight excluding hydrogens is 242 g/mol. The number of carbonyl (C=O) groups excluding carboxylic acids is 1. The van der Waals surface area contributed by atoms with E-state index < -0.39 is 5.60 Å². The topological polar surface area (TPSA) is 56.2 Å². The Kier molecular flexibility index (Phi) is 3.83. The van der Waals surface area contributed by atoms with Crippen molar-refractivity contribution in [3.63, 3.8) is 0 Å². The normalized spacial score (nSPS) is 22.7. The molecule has 1 saturated carbocycles. The summed E-state index contributed by atoms with van der Waals surface area (Å²) in [6, 6.07) is 2.26. The second-order valence-electron chi connectivity index (χ2n) is 6.34. The molecule has 5 heteroatoms. The average molecular weight is 265 g/mol. The first-order chi connectivity index (χ1) is 8.83. The fourth-order valence-electron chi connectivity index (χ4n) is 2.31. The van der Waals surface area contributed by atoms with Gasteiger partial charge in [0.05, 0.1) is 0 Å². The summed E-state index contributed by atoms with van der Waals surface area (Å²) in [6.07, 6.45) is 3.51. The maximum absolute atomic E-state index is 11.6. The molecular formula is C14H23N3O2. The van der Waals surface area contributed by atoms with Gasteiger partial charge < -0.3 is 10.1 Å². The van der Waals surface area contributed by atoms with Gasteiger partial charge in [0.2, 0.25) is 0 Å². The summed E-state index contributed by atoms with van der Waals surface area (Å²) in [4.78, 5) is 11.6. The van der Waals surface area contributed by atoms with Gasteiger partial charge in [0.15, 0.2) is 0 Å². The lowest BCUT2D eigenvalue weighted by molar-refractivity contribution is 0.0444. The molecule has 1 aliphatic carbocycles. The van der Waals surface area contributed by atoms with Crippen molar-refractivity contribution in [1.82, 2.24) is 15.1 Å². The molecule has 1 aromatic rings. The van der Waals surface area contributed by atoms with Gasteiger partial charge in [-0.05, 0) is 52.5 Å². The van der Waals surface area contributed by atoms with E-state index in [4.69, 9.17) is 4.74 Å². The van der Waals surface area contributed by atoms with Crippen LogP contribution in [0.15, 0.2) is 12.3 Å². The zero-order valence-electron chi connectivity index (χ0n) is 12.1. The maximum Gasteiger partial charge on any atom is 0.407 e. The van der Waals surface area contributed by atoms with E-state index in [1.807, 2.05) is 37.7 Å². The number of aryl methyl sites for hydroxylation is 1. The molecule has 1 aliphatic rings. The Balaban J connectivity index is 1.69. The highest BCUT2D eigenvalue weighted by molar-refractivity contribution is 5.68. The molecule has 1 fully saturated rings. The minimum absolute atomic E-state index is 0.246. The molecule has 0 spiro atoms. The lowest BCUT2D eigenvalue weighted by atomic mass is 9.80. The van der Waals surface area contributed by atoms with E-state index in [1.54, 1.807) is 0 Å². The lowest BCUT2D eigenvalue weighted by Gasteiger charge is -2.36. The second kappa shape index (κ2) is 5.23. The van der Waals surface area contributed by atoms with Crippen LogP contribution in [0.4, 0.5) is 4.79 Å². The van der Waals surface area contributed by atoms with Gasteiger partial charge in [0, 0.05) is 24.5 Å². The van der Waals surface area contributed by atoms with Crippen molar-refractivity contribution in [3.8, 4) is 0 Å². The molecule has 0 atom stereocenters. The highest BCUT2D eigenvalue weighted by Crippen LogP contribution is 2.29. The van der Waals surface area contributed by atoms with Crippen molar-refractivity contribution in [2.75, 3.05) is 0 Å². The van der Waals surface area contributed by atoms with Crippen LogP contribution in [0.25, 0.3) is 0 Å². The summed E-state index contributed by atoms with van der Waals surface area (Å²) in [5, 5.41) is 7.18. The third-order valence-electron chi connectivity index (χ3n) is 3.32. The van der Waals surface area contributed by atoms with Crippen LogP contribution in [0.5, 0.6) is 0 Å². The third kappa shape index (κ3) is 3.98. The van der Waals surface area contributed by atoms with Crippen molar-refractivity contribution in [1.29, 1.82) is 0 Å². The van der Waals surface area contributed by atoms with Crippen molar-refractivity contribution in [2.24, 2.45) is 5.92 Å². The minimum atomic E-state index is -0.431. The van der Waals surface area contributed by atoms with Gasteiger partial charge >= 0.3 is 6.09 Å². The highest BCUT2D eigenvalue weighted by Gasteiger charge is 2.32. The van der Waals surface area contributed by atoms with Crippen LogP contribution in [0.3, 0.4) is 0 Å². The second-order valence-corrected chi connectivity index (χ2v) is 6.34. The maximum atomic E-state index is 11.6. The van der Waals surface area contributed by atoms with Crippen LogP contribution >= 0.6 is 0 Å². The first-order valence-corrected chi connectivity index (χ1v) is 6.81. The molecule has 1 aromatic heterocycles. The Bertz CT molecular complexity index is 442. The number of rotatable bonds is 3. The van der Waals surface area contributed by atoms with Gasteiger partial charge in [-0.1, -0.05) is 0 Å². The van der Waals surface area contributed by atoms with Gasteiger partial charge in [-0.2, -0.15) is 5.10 Å². The first-order valence-electron chi connectivity index (χ1n) is 6.81. The van der Waals surface area contributed by atoms with Crippen LogP contribution in [-0.4, -0.2) is 27.5 Å². The van der Waals surface area contributed by atoms with E-state index in [2.05, 4.69) is 17.3 Å². The number of alkyl carbamates (subject to hydrolysis) is 1. The van der Waals surface area contributed by atoms with Crippen LogP contribution in [-0.2, 0) is 11.3 Å². The summed E-state index contributed by atoms with van der Waals surface area (Å²) in [6.45, 7) is 8.61. The molecule has 106 valence electrons. The smallest absolute Gasteiger partial charge is 0.407 e.